The number of anilines is 1. The lowest BCUT2D eigenvalue weighted by Gasteiger charge is -2.04. The minimum absolute atomic E-state index is 0.153. The zero-order valence-electron chi connectivity index (χ0n) is 6.38. The summed E-state index contributed by atoms with van der Waals surface area (Å²) in [7, 11) is 0. The highest BCUT2D eigenvalue weighted by molar-refractivity contribution is 5.83. The van der Waals surface area contributed by atoms with E-state index in [9.17, 15) is 18.4 Å². The number of nitrogens with one attached hydrogen (secondary N) is 1. The van der Waals surface area contributed by atoms with Gasteiger partial charge in [0.1, 0.15) is 5.56 Å². The van der Waals surface area contributed by atoms with Crippen molar-refractivity contribution in [2.24, 2.45) is 0 Å². The lowest BCUT2D eigenvalue weighted by molar-refractivity contribution is 0.112. The summed E-state index contributed by atoms with van der Waals surface area (Å²) in [6.45, 7) is 0. The van der Waals surface area contributed by atoms with Crippen molar-refractivity contribution in [3.05, 3.63) is 27.7 Å². The molecule has 0 aliphatic rings. The third-order valence-electron chi connectivity index (χ3n) is 1.56. The third-order valence-corrected chi connectivity index (χ3v) is 1.56. The SMILES string of the molecule is Nc1c(C(F)F)c[nH]c(=O)c1C=O. The first-order chi connectivity index (χ1) is 6.07. The first-order valence-electron chi connectivity index (χ1n) is 3.32. The zero-order chi connectivity index (χ0) is 10.0. The Morgan fingerprint density at radius 1 is 1.54 bits per heavy atom. The average Bonchev–Trinajstić information content (AvgIpc) is 2.04. The maximum atomic E-state index is 12.2. The first-order valence-corrected chi connectivity index (χ1v) is 3.32. The van der Waals surface area contributed by atoms with Crippen LogP contribution in [0.2, 0.25) is 0 Å². The molecular formula is C7H6F2N2O2. The van der Waals surface area contributed by atoms with E-state index in [2.05, 4.69) is 0 Å². The molecule has 0 atom stereocenters. The van der Waals surface area contributed by atoms with Crippen LogP contribution in [0.5, 0.6) is 0 Å². The van der Waals surface area contributed by atoms with E-state index >= 15 is 0 Å². The van der Waals surface area contributed by atoms with Gasteiger partial charge in [-0.3, -0.25) is 9.59 Å². The Labute approximate surface area is 71.4 Å². The Morgan fingerprint density at radius 3 is 2.62 bits per heavy atom. The Kier molecular flexibility index (Phi) is 2.41. The van der Waals surface area contributed by atoms with Crippen LogP contribution in [0.1, 0.15) is 22.3 Å². The van der Waals surface area contributed by atoms with Crippen molar-refractivity contribution in [2.75, 3.05) is 5.73 Å². The Hall–Kier alpha value is -1.72. The van der Waals surface area contributed by atoms with Gasteiger partial charge in [0.2, 0.25) is 0 Å². The lowest BCUT2D eigenvalue weighted by atomic mass is 10.1. The highest BCUT2D eigenvalue weighted by Crippen LogP contribution is 2.23. The summed E-state index contributed by atoms with van der Waals surface area (Å²) in [5, 5.41) is 0. The summed E-state index contributed by atoms with van der Waals surface area (Å²) in [6, 6.07) is 0. The molecule has 13 heavy (non-hydrogen) atoms. The molecule has 0 amide bonds. The zero-order valence-corrected chi connectivity index (χ0v) is 6.38. The van der Waals surface area contributed by atoms with E-state index in [0.717, 1.165) is 6.20 Å². The molecule has 0 aliphatic carbocycles. The monoisotopic (exact) mass is 188 g/mol. The van der Waals surface area contributed by atoms with Crippen molar-refractivity contribution >= 4 is 12.0 Å². The highest BCUT2D eigenvalue weighted by atomic mass is 19.3. The van der Waals surface area contributed by atoms with Gasteiger partial charge in [0.05, 0.1) is 11.3 Å². The molecule has 1 aromatic heterocycles. The van der Waals surface area contributed by atoms with Crippen LogP contribution in [0, 0.1) is 0 Å². The number of hydrogen-bond donors (Lipinski definition) is 2. The number of halogens is 2. The second-order valence-electron chi connectivity index (χ2n) is 2.32. The molecule has 0 fully saturated rings. The second kappa shape index (κ2) is 3.34. The normalized spacial score (nSPS) is 10.4. The van der Waals surface area contributed by atoms with E-state index in [1.165, 1.54) is 0 Å². The Balaban J connectivity index is 3.44. The lowest BCUT2D eigenvalue weighted by Crippen LogP contribution is -2.16. The Morgan fingerprint density at radius 2 is 2.15 bits per heavy atom. The van der Waals surface area contributed by atoms with Gasteiger partial charge in [-0.2, -0.15) is 0 Å². The standard InChI is InChI=1S/C7H6F2N2O2/c8-6(9)3-1-11-7(13)4(2-12)5(3)10/h1-2,6H,(H3,10,11,13). The number of carbonyl (C=O) groups is 1. The van der Waals surface area contributed by atoms with Gasteiger partial charge in [0.15, 0.2) is 6.29 Å². The van der Waals surface area contributed by atoms with Gasteiger partial charge in [-0.05, 0) is 0 Å². The molecule has 0 radical (unpaired) electrons. The van der Waals surface area contributed by atoms with Crippen LogP contribution in [0.3, 0.4) is 0 Å². The number of aromatic nitrogens is 1. The molecule has 1 aromatic rings. The number of alkyl halides is 2. The highest BCUT2D eigenvalue weighted by Gasteiger charge is 2.15. The van der Waals surface area contributed by atoms with Crippen molar-refractivity contribution in [3.8, 4) is 0 Å². The van der Waals surface area contributed by atoms with Gasteiger partial charge in [0.25, 0.3) is 12.0 Å². The van der Waals surface area contributed by atoms with E-state index in [-0.39, 0.29) is 6.29 Å². The van der Waals surface area contributed by atoms with Gasteiger partial charge in [-0.25, -0.2) is 8.78 Å². The number of hydrogen-bond acceptors (Lipinski definition) is 3. The van der Waals surface area contributed by atoms with Gasteiger partial charge in [-0.15, -0.1) is 0 Å². The second-order valence-corrected chi connectivity index (χ2v) is 2.32. The molecule has 3 N–H and O–H groups in total. The molecule has 0 spiro atoms. The molecule has 1 rings (SSSR count). The summed E-state index contributed by atoms with van der Waals surface area (Å²) < 4.78 is 24.3. The van der Waals surface area contributed by atoms with Crippen LogP contribution in [0.4, 0.5) is 14.5 Å². The van der Waals surface area contributed by atoms with Gasteiger partial charge < -0.3 is 10.7 Å². The maximum absolute atomic E-state index is 12.2. The van der Waals surface area contributed by atoms with Crippen LogP contribution >= 0.6 is 0 Å². The number of rotatable bonds is 2. The molecule has 0 saturated carbocycles. The predicted molar refractivity (Wildman–Crippen MR) is 41.8 cm³/mol. The number of pyridine rings is 1. The molecule has 0 aromatic carbocycles. The topological polar surface area (TPSA) is 76.0 Å². The summed E-state index contributed by atoms with van der Waals surface area (Å²) in [4.78, 5) is 23.1. The fourth-order valence-electron chi connectivity index (χ4n) is 0.874. The number of H-pyrrole nitrogens is 1. The van der Waals surface area contributed by atoms with Crippen LogP contribution < -0.4 is 11.3 Å². The van der Waals surface area contributed by atoms with E-state index in [1.54, 1.807) is 0 Å². The number of aromatic amines is 1. The maximum Gasteiger partial charge on any atom is 0.267 e. The van der Waals surface area contributed by atoms with Gasteiger partial charge >= 0.3 is 0 Å². The molecule has 0 saturated heterocycles. The quantitative estimate of drug-likeness (QED) is 0.671. The summed E-state index contributed by atoms with van der Waals surface area (Å²) in [5.74, 6) is 0. The van der Waals surface area contributed by atoms with Crippen LogP contribution in [0.15, 0.2) is 11.0 Å². The van der Waals surface area contributed by atoms with Crippen LogP contribution in [-0.4, -0.2) is 11.3 Å². The fraction of sp³-hybridized carbons (Fsp3) is 0.143. The fourth-order valence-corrected chi connectivity index (χ4v) is 0.874. The van der Waals surface area contributed by atoms with Crippen molar-refractivity contribution < 1.29 is 13.6 Å². The summed E-state index contributed by atoms with van der Waals surface area (Å²) >= 11 is 0. The minimum atomic E-state index is -2.81. The van der Waals surface area contributed by atoms with Gasteiger partial charge in [0, 0.05) is 6.20 Å². The largest absolute Gasteiger partial charge is 0.398 e. The number of aldehydes is 1. The molecule has 6 heteroatoms. The molecule has 4 nitrogen and oxygen atoms in total. The van der Waals surface area contributed by atoms with Crippen molar-refractivity contribution in [2.45, 2.75) is 6.43 Å². The third kappa shape index (κ3) is 1.56. The van der Waals surface area contributed by atoms with Crippen molar-refractivity contribution in [1.29, 1.82) is 0 Å². The van der Waals surface area contributed by atoms with E-state index in [1.807, 2.05) is 4.98 Å². The average molecular weight is 188 g/mol. The Bertz CT molecular complexity index is 387. The molecule has 0 aliphatic heterocycles. The summed E-state index contributed by atoms with van der Waals surface area (Å²) in [6.07, 6.45) is -1.86. The van der Waals surface area contributed by atoms with Crippen LogP contribution in [-0.2, 0) is 0 Å². The number of nitrogen functional groups attached to an aromatic ring is 1. The minimum Gasteiger partial charge on any atom is -0.398 e. The van der Waals surface area contributed by atoms with E-state index < -0.39 is 28.8 Å². The number of carbonyl (C=O) groups excluding carboxylic acids is 1. The van der Waals surface area contributed by atoms with Crippen LogP contribution in [0.25, 0.3) is 0 Å². The number of nitrogens with two attached hydrogens (primary N) is 1. The molecule has 0 bridgehead atoms. The molecule has 0 unspecified atom stereocenters. The molecular weight excluding hydrogens is 182 g/mol. The molecule has 70 valence electrons. The molecule has 1 heterocycles. The summed E-state index contributed by atoms with van der Waals surface area (Å²) in [5.41, 5.74) is 2.93. The predicted octanol–water partition coefficient (Wildman–Crippen LogP) is 0.707. The van der Waals surface area contributed by atoms with E-state index in [0.29, 0.717) is 0 Å². The van der Waals surface area contributed by atoms with Gasteiger partial charge in [-0.1, -0.05) is 0 Å². The first kappa shape index (κ1) is 9.37. The van der Waals surface area contributed by atoms with Crippen molar-refractivity contribution in [1.82, 2.24) is 4.98 Å². The van der Waals surface area contributed by atoms with E-state index in [4.69, 9.17) is 5.73 Å². The van der Waals surface area contributed by atoms with Crippen molar-refractivity contribution in [3.63, 3.8) is 0 Å². The smallest absolute Gasteiger partial charge is 0.267 e.